The van der Waals surface area contributed by atoms with Crippen molar-refractivity contribution in [2.24, 2.45) is 5.92 Å². The van der Waals surface area contributed by atoms with E-state index < -0.39 is 0 Å². The number of carbonyl (C=O) groups is 1. The molecule has 3 fully saturated rings. The molecule has 2 aliphatic heterocycles. The molecule has 1 aromatic heterocycles. The zero-order valence-electron chi connectivity index (χ0n) is 22.9. The van der Waals surface area contributed by atoms with Crippen molar-refractivity contribution in [2.45, 2.75) is 76.0 Å². The Morgan fingerprint density at radius 1 is 1.13 bits per heavy atom. The Bertz CT molecular complexity index is 1040. The van der Waals surface area contributed by atoms with Crippen LogP contribution in [0.1, 0.15) is 72.5 Å². The lowest BCUT2D eigenvalue weighted by Gasteiger charge is -2.38. The van der Waals surface area contributed by atoms with E-state index in [9.17, 15) is 4.79 Å². The van der Waals surface area contributed by atoms with E-state index in [0.717, 1.165) is 56.8 Å². The van der Waals surface area contributed by atoms with Gasteiger partial charge in [0.25, 0.3) is 5.91 Å². The van der Waals surface area contributed by atoms with Crippen molar-refractivity contribution in [2.75, 3.05) is 45.3 Å². The van der Waals surface area contributed by atoms with Crippen LogP contribution in [0, 0.1) is 12.8 Å². The van der Waals surface area contributed by atoms with Crippen LogP contribution in [0.5, 0.6) is 0 Å². The number of aromatic nitrogens is 2. The fourth-order valence-corrected chi connectivity index (χ4v) is 6.42. The topological polar surface area (TPSA) is 88.6 Å². The molecule has 2 saturated heterocycles. The summed E-state index contributed by atoms with van der Waals surface area (Å²) in [4.78, 5) is 15.3. The molecule has 8 heteroatoms. The molecule has 1 amide bonds. The minimum Gasteiger partial charge on any atom is -0.383 e. The molecule has 1 aromatic carbocycles. The monoisotopic (exact) mass is 521 g/mol. The Balaban J connectivity index is 1.13. The van der Waals surface area contributed by atoms with E-state index in [2.05, 4.69) is 51.2 Å². The molecule has 8 nitrogen and oxygen atoms in total. The van der Waals surface area contributed by atoms with E-state index >= 15 is 0 Å². The number of nitrogens with zero attached hydrogens (tertiary/aromatic N) is 3. The van der Waals surface area contributed by atoms with E-state index in [1.807, 2.05) is 11.8 Å². The van der Waals surface area contributed by atoms with Gasteiger partial charge in [0.1, 0.15) is 0 Å². The maximum Gasteiger partial charge on any atom is 0.274 e. The Morgan fingerprint density at radius 2 is 1.95 bits per heavy atom. The number of methoxy groups -OCH3 is 1. The summed E-state index contributed by atoms with van der Waals surface area (Å²) < 4.78 is 11.1. The van der Waals surface area contributed by atoms with Gasteiger partial charge in [-0.15, -0.1) is 5.10 Å². The van der Waals surface area contributed by atoms with Gasteiger partial charge in [-0.1, -0.05) is 36.8 Å². The minimum atomic E-state index is -0.0141. The minimum absolute atomic E-state index is 0.0141. The summed E-state index contributed by atoms with van der Waals surface area (Å²) in [7, 11) is 1.75. The van der Waals surface area contributed by atoms with E-state index in [0.29, 0.717) is 36.2 Å². The van der Waals surface area contributed by atoms with Gasteiger partial charge in [0.05, 0.1) is 24.6 Å². The van der Waals surface area contributed by atoms with Crippen LogP contribution >= 0.6 is 0 Å². The van der Waals surface area contributed by atoms with Crippen LogP contribution in [0.15, 0.2) is 36.5 Å². The van der Waals surface area contributed by atoms with Crippen LogP contribution in [0.2, 0.25) is 0 Å². The normalized spacial score (nSPS) is 26.7. The van der Waals surface area contributed by atoms with E-state index in [4.69, 9.17) is 9.47 Å². The Kier molecular flexibility index (Phi) is 9.25. The molecule has 4 atom stereocenters. The highest BCUT2D eigenvalue weighted by Crippen LogP contribution is 2.36. The summed E-state index contributed by atoms with van der Waals surface area (Å²) in [6.45, 7) is 5.74. The maximum atomic E-state index is 13.4. The van der Waals surface area contributed by atoms with Crippen molar-refractivity contribution in [3.8, 4) is 0 Å². The number of anilines is 1. The fourth-order valence-electron chi connectivity index (χ4n) is 6.42. The SMILES string of the molecule is COC1COCCC1NC1CCN(C(=O)c2nncc(NCC3CCCC(c4ccccc4)C3)c2C)CC1. The molecule has 38 heavy (non-hydrogen) atoms. The number of carbonyl (C=O) groups excluding carboxylic acids is 1. The van der Waals surface area contributed by atoms with Crippen molar-refractivity contribution < 1.29 is 14.3 Å². The van der Waals surface area contributed by atoms with Gasteiger partial charge in [-0.05, 0) is 62.8 Å². The maximum absolute atomic E-state index is 13.4. The van der Waals surface area contributed by atoms with Gasteiger partial charge in [-0.3, -0.25) is 4.79 Å². The highest BCUT2D eigenvalue weighted by atomic mass is 16.5. The van der Waals surface area contributed by atoms with Crippen molar-refractivity contribution in [1.82, 2.24) is 20.4 Å². The van der Waals surface area contributed by atoms with Crippen LogP contribution in [-0.4, -0.2) is 79.1 Å². The second-order valence-electron chi connectivity index (χ2n) is 11.2. The van der Waals surface area contributed by atoms with Gasteiger partial charge in [0.15, 0.2) is 5.69 Å². The standard InChI is InChI=1S/C30H43N5O3/c1-21-27(31-18-22-7-6-10-24(17-22)23-8-4-3-5-9-23)19-32-34-29(21)30(36)35-14-11-25(12-15-35)33-26-13-16-38-20-28(26)37-2/h3-5,8-9,19,22,24-26,28,33H,6-7,10-18,20H2,1-2H3,(H,31,34). The third-order valence-corrected chi connectivity index (χ3v) is 8.78. The molecule has 1 aliphatic carbocycles. The molecule has 0 bridgehead atoms. The number of ether oxygens (including phenoxy) is 2. The number of piperidine rings is 1. The van der Waals surface area contributed by atoms with Crippen molar-refractivity contribution in [3.63, 3.8) is 0 Å². The first-order valence-electron chi connectivity index (χ1n) is 14.4. The fraction of sp³-hybridized carbons (Fsp3) is 0.633. The lowest BCUT2D eigenvalue weighted by molar-refractivity contribution is -0.0533. The van der Waals surface area contributed by atoms with Gasteiger partial charge >= 0.3 is 0 Å². The zero-order chi connectivity index (χ0) is 26.3. The van der Waals surface area contributed by atoms with Gasteiger partial charge in [-0.2, -0.15) is 5.10 Å². The molecule has 2 N–H and O–H groups in total. The number of hydrogen-bond donors (Lipinski definition) is 2. The smallest absolute Gasteiger partial charge is 0.274 e. The summed E-state index contributed by atoms with van der Waals surface area (Å²) in [5, 5.41) is 15.8. The second-order valence-corrected chi connectivity index (χ2v) is 11.2. The molecule has 0 spiro atoms. The third-order valence-electron chi connectivity index (χ3n) is 8.78. The Morgan fingerprint density at radius 3 is 2.74 bits per heavy atom. The van der Waals surface area contributed by atoms with Gasteiger partial charge in [0.2, 0.25) is 0 Å². The highest BCUT2D eigenvalue weighted by Gasteiger charge is 2.31. The number of amides is 1. The van der Waals surface area contributed by atoms with Gasteiger partial charge in [-0.25, -0.2) is 0 Å². The van der Waals surface area contributed by atoms with Crippen LogP contribution in [0.4, 0.5) is 5.69 Å². The van der Waals surface area contributed by atoms with Gasteiger partial charge in [0, 0.05) is 51.0 Å². The van der Waals surface area contributed by atoms with Crippen LogP contribution in [0.25, 0.3) is 0 Å². The summed E-state index contributed by atoms with van der Waals surface area (Å²) in [6.07, 6.45) is 9.62. The number of rotatable bonds is 8. The van der Waals surface area contributed by atoms with Crippen LogP contribution < -0.4 is 10.6 Å². The summed E-state index contributed by atoms with van der Waals surface area (Å²) in [5.74, 6) is 1.23. The molecule has 3 aliphatic rings. The lowest BCUT2D eigenvalue weighted by Crippen LogP contribution is -2.54. The molecule has 2 aromatic rings. The Labute approximate surface area is 226 Å². The molecular formula is C30H43N5O3. The lowest BCUT2D eigenvalue weighted by atomic mass is 9.78. The number of hydrogen-bond acceptors (Lipinski definition) is 7. The van der Waals surface area contributed by atoms with Crippen LogP contribution in [0.3, 0.4) is 0 Å². The van der Waals surface area contributed by atoms with Crippen molar-refractivity contribution in [3.05, 3.63) is 53.3 Å². The molecule has 4 unspecified atom stereocenters. The molecule has 0 radical (unpaired) electrons. The Hall–Kier alpha value is -2.55. The summed E-state index contributed by atoms with van der Waals surface area (Å²) >= 11 is 0. The average molecular weight is 522 g/mol. The van der Waals surface area contributed by atoms with E-state index in [1.54, 1.807) is 13.3 Å². The summed E-state index contributed by atoms with van der Waals surface area (Å²) in [5.41, 5.74) is 3.74. The van der Waals surface area contributed by atoms with E-state index in [-0.39, 0.29) is 12.0 Å². The number of benzene rings is 1. The zero-order valence-corrected chi connectivity index (χ0v) is 22.9. The molecule has 5 rings (SSSR count). The predicted molar refractivity (Wildman–Crippen MR) is 148 cm³/mol. The molecule has 3 heterocycles. The molecule has 1 saturated carbocycles. The third kappa shape index (κ3) is 6.53. The highest BCUT2D eigenvalue weighted by molar-refractivity contribution is 5.94. The quantitative estimate of drug-likeness (QED) is 0.539. The first-order valence-corrected chi connectivity index (χ1v) is 14.4. The van der Waals surface area contributed by atoms with Crippen molar-refractivity contribution in [1.29, 1.82) is 0 Å². The van der Waals surface area contributed by atoms with Gasteiger partial charge < -0.3 is 25.0 Å². The first kappa shape index (κ1) is 27.0. The van der Waals surface area contributed by atoms with Crippen molar-refractivity contribution >= 4 is 11.6 Å². The largest absolute Gasteiger partial charge is 0.383 e. The van der Waals surface area contributed by atoms with E-state index in [1.165, 1.54) is 31.2 Å². The average Bonchev–Trinajstić information content (AvgIpc) is 2.97. The first-order chi connectivity index (χ1) is 18.6. The summed E-state index contributed by atoms with van der Waals surface area (Å²) in [6, 6.07) is 11.6. The number of nitrogens with one attached hydrogen (secondary N) is 2. The number of likely N-dealkylation sites (tertiary alicyclic amines) is 1. The predicted octanol–water partition coefficient (Wildman–Crippen LogP) is 4.17. The molecule has 206 valence electrons. The molecular weight excluding hydrogens is 478 g/mol. The van der Waals surface area contributed by atoms with Crippen LogP contribution in [-0.2, 0) is 9.47 Å². The second kappa shape index (κ2) is 13.0.